The normalized spacial score (nSPS) is 22.3. The lowest BCUT2D eigenvalue weighted by Gasteiger charge is -2.20. The minimum atomic E-state index is 1.09. The van der Waals surface area contributed by atoms with E-state index in [1.165, 1.54) is 11.3 Å². The summed E-state index contributed by atoms with van der Waals surface area (Å²) in [5.41, 5.74) is 2.53. The highest BCUT2D eigenvalue weighted by Crippen LogP contribution is 2.16. The van der Waals surface area contributed by atoms with Crippen LogP contribution in [0.15, 0.2) is 29.0 Å². The molecule has 0 atom stereocenters. The first kappa shape index (κ1) is 5.71. The maximum absolute atomic E-state index is 4.23. The third kappa shape index (κ3) is 0.764. The van der Waals surface area contributed by atoms with Gasteiger partial charge in [0.15, 0.2) is 0 Å². The van der Waals surface area contributed by atoms with E-state index in [1.54, 1.807) is 0 Å². The highest BCUT2D eigenvalue weighted by atomic mass is 15.1. The Morgan fingerprint density at radius 3 is 3.40 bits per heavy atom. The second-order valence-electron chi connectivity index (χ2n) is 2.71. The minimum absolute atomic E-state index is 1.09. The number of fused-ring (bicyclic) bond motifs is 1. The molecule has 2 aliphatic heterocycles. The van der Waals surface area contributed by atoms with Gasteiger partial charge in [0.2, 0.25) is 0 Å². The Morgan fingerprint density at radius 2 is 2.50 bits per heavy atom. The lowest BCUT2D eigenvalue weighted by Crippen LogP contribution is -2.22. The van der Waals surface area contributed by atoms with Crippen molar-refractivity contribution in [3.8, 4) is 0 Å². The van der Waals surface area contributed by atoms with E-state index in [9.17, 15) is 0 Å². The van der Waals surface area contributed by atoms with Crippen molar-refractivity contribution in [3.63, 3.8) is 0 Å². The lowest BCUT2D eigenvalue weighted by molar-refractivity contribution is 0.461. The molecule has 0 radical (unpaired) electrons. The van der Waals surface area contributed by atoms with Gasteiger partial charge in [-0.1, -0.05) is 0 Å². The van der Waals surface area contributed by atoms with E-state index in [0.29, 0.717) is 0 Å². The number of nitrogens with zero attached hydrogens (tertiary/aromatic N) is 2. The molecule has 0 saturated carbocycles. The fraction of sp³-hybridized carbons (Fsp3) is 0.375. The van der Waals surface area contributed by atoms with E-state index >= 15 is 0 Å². The Morgan fingerprint density at radius 1 is 1.60 bits per heavy atom. The fourth-order valence-corrected chi connectivity index (χ4v) is 1.29. The van der Waals surface area contributed by atoms with Crippen LogP contribution in [0, 0.1) is 0 Å². The predicted octanol–water partition coefficient (Wildman–Crippen LogP) is 1.17. The molecule has 2 aliphatic rings. The Hall–Kier alpha value is -1.05. The second kappa shape index (κ2) is 1.97. The van der Waals surface area contributed by atoms with Crippen molar-refractivity contribution in [3.05, 3.63) is 24.0 Å². The van der Waals surface area contributed by atoms with Crippen molar-refractivity contribution >= 4 is 5.71 Å². The minimum Gasteiger partial charge on any atom is -0.379 e. The first-order valence-electron chi connectivity index (χ1n) is 3.52. The summed E-state index contributed by atoms with van der Waals surface area (Å²) in [5, 5.41) is 0. The number of hydrogen-bond donors (Lipinski definition) is 0. The van der Waals surface area contributed by atoms with Crippen molar-refractivity contribution in [2.75, 3.05) is 13.6 Å². The van der Waals surface area contributed by atoms with E-state index in [1.807, 2.05) is 6.20 Å². The molecule has 0 aromatic rings. The number of allylic oxidation sites excluding steroid dienone is 2. The quantitative estimate of drug-likeness (QED) is 0.485. The molecule has 0 amide bonds. The van der Waals surface area contributed by atoms with E-state index in [0.717, 1.165) is 13.0 Å². The van der Waals surface area contributed by atoms with Crippen LogP contribution in [0.3, 0.4) is 0 Å². The third-order valence-electron chi connectivity index (χ3n) is 1.88. The van der Waals surface area contributed by atoms with E-state index in [-0.39, 0.29) is 0 Å². The molecule has 10 heavy (non-hydrogen) atoms. The highest BCUT2D eigenvalue weighted by Gasteiger charge is 2.13. The zero-order valence-electron chi connectivity index (χ0n) is 6.04. The first-order chi connectivity index (χ1) is 4.86. The van der Waals surface area contributed by atoms with E-state index in [2.05, 4.69) is 29.2 Å². The van der Waals surface area contributed by atoms with Crippen LogP contribution in [0.1, 0.15) is 6.42 Å². The summed E-state index contributed by atoms with van der Waals surface area (Å²) in [6.45, 7) is 1.10. The van der Waals surface area contributed by atoms with Gasteiger partial charge in [-0.2, -0.15) is 0 Å². The van der Waals surface area contributed by atoms with Crippen molar-refractivity contribution in [1.29, 1.82) is 0 Å². The van der Waals surface area contributed by atoms with Crippen LogP contribution in [-0.4, -0.2) is 24.2 Å². The summed E-state index contributed by atoms with van der Waals surface area (Å²) in [4.78, 5) is 6.43. The number of aliphatic imine (C=N–C) groups is 1. The van der Waals surface area contributed by atoms with Gasteiger partial charge in [0, 0.05) is 38.0 Å². The van der Waals surface area contributed by atoms with Gasteiger partial charge in [0.05, 0.1) is 5.71 Å². The van der Waals surface area contributed by atoms with Gasteiger partial charge in [0.1, 0.15) is 0 Å². The first-order valence-corrected chi connectivity index (χ1v) is 3.52. The summed E-state index contributed by atoms with van der Waals surface area (Å²) >= 11 is 0. The topological polar surface area (TPSA) is 15.6 Å². The molecule has 2 heteroatoms. The molecule has 0 spiro atoms. The summed E-state index contributed by atoms with van der Waals surface area (Å²) in [5.74, 6) is 0. The van der Waals surface area contributed by atoms with Crippen LogP contribution in [0.4, 0.5) is 0 Å². The molecule has 0 aromatic carbocycles. The summed E-state index contributed by atoms with van der Waals surface area (Å²) in [6.07, 6.45) is 7.17. The molecular weight excluding hydrogens is 124 g/mol. The Labute approximate surface area is 60.6 Å². The molecular formula is C8H10N2. The van der Waals surface area contributed by atoms with E-state index < -0.39 is 0 Å². The Kier molecular flexibility index (Phi) is 1.13. The number of hydrogen-bond acceptors (Lipinski definition) is 2. The smallest absolute Gasteiger partial charge is 0.0508 e. The summed E-state index contributed by atoms with van der Waals surface area (Å²) in [7, 11) is 2.09. The SMILES string of the molecule is CN1C=C2C=CN=C2CC1. The molecule has 0 aromatic heterocycles. The van der Waals surface area contributed by atoms with Crippen molar-refractivity contribution in [2.45, 2.75) is 6.42 Å². The van der Waals surface area contributed by atoms with Gasteiger partial charge in [-0.15, -0.1) is 0 Å². The molecule has 0 N–H and O–H groups in total. The maximum atomic E-state index is 4.23. The van der Waals surface area contributed by atoms with Gasteiger partial charge in [0.25, 0.3) is 0 Å². The van der Waals surface area contributed by atoms with Crippen LogP contribution >= 0.6 is 0 Å². The third-order valence-corrected chi connectivity index (χ3v) is 1.88. The monoisotopic (exact) mass is 134 g/mol. The molecule has 2 heterocycles. The van der Waals surface area contributed by atoms with E-state index in [4.69, 9.17) is 0 Å². The van der Waals surface area contributed by atoms with Crippen LogP contribution in [0.25, 0.3) is 0 Å². The Bertz CT molecular complexity index is 236. The molecule has 0 fully saturated rings. The van der Waals surface area contributed by atoms with Gasteiger partial charge in [-0.3, -0.25) is 4.99 Å². The molecule has 0 aliphatic carbocycles. The average molecular weight is 134 g/mol. The molecule has 2 nitrogen and oxygen atoms in total. The lowest BCUT2D eigenvalue weighted by atomic mass is 10.1. The maximum Gasteiger partial charge on any atom is 0.0508 e. The van der Waals surface area contributed by atoms with Gasteiger partial charge in [-0.25, -0.2) is 0 Å². The van der Waals surface area contributed by atoms with Gasteiger partial charge < -0.3 is 4.90 Å². The zero-order chi connectivity index (χ0) is 6.97. The number of rotatable bonds is 0. The van der Waals surface area contributed by atoms with Gasteiger partial charge >= 0.3 is 0 Å². The standard InChI is InChI=1S/C8H10N2/c1-10-5-3-8-7(6-10)2-4-9-8/h2,4,6H,3,5H2,1H3. The van der Waals surface area contributed by atoms with Crippen LogP contribution in [0.2, 0.25) is 0 Å². The molecule has 0 unspecified atom stereocenters. The van der Waals surface area contributed by atoms with Crippen LogP contribution in [0.5, 0.6) is 0 Å². The molecule has 0 saturated heterocycles. The summed E-state index contributed by atoms with van der Waals surface area (Å²) in [6, 6.07) is 0. The molecule has 52 valence electrons. The fourth-order valence-electron chi connectivity index (χ4n) is 1.29. The Balaban J connectivity index is 2.34. The zero-order valence-corrected chi connectivity index (χ0v) is 6.04. The largest absolute Gasteiger partial charge is 0.379 e. The van der Waals surface area contributed by atoms with Crippen LogP contribution < -0.4 is 0 Å². The molecule has 0 bridgehead atoms. The highest BCUT2D eigenvalue weighted by molar-refractivity contribution is 6.05. The summed E-state index contributed by atoms with van der Waals surface area (Å²) < 4.78 is 0. The second-order valence-corrected chi connectivity index (χ2v) is 2.71. The molecule has 2 rings (SSSR count). The van der Waals surface area contributed by atoms with Gasteiger partial charge in [-0.05, 0) is 6.08 Å². The average Bonchev–Trinajstić information content (AvgIpc) is 2.33. The van der Waals surface area contributed by atoms with Crippen LogP contribution in [-0.2, 0) is 0 Å². The van der Waals surface area contributed by atoms with Crippen molar-refractivity contribution < 1.29 is 0 Å². The predicted molar refractivity (Wildman–Crippen MR) is 41.9 cm³/mol. The van der Waals surface area contributed by atoms with Crippen molar-refractivity contribution in [2.24, 2.45) is 4.99 Å². The van der Waals surface area contributed by atoms with Crippen molar-refractivity contribution in [1.82, 2.24) is 4.90 Å².